The summed E-state index contributed by atoms with van der Waals surface area (Å²) in [5.74, 6) is -0.162. The molecule has 0 aliphatic heterocycles. The summed E-state index contributed by atoms with van der Waals surface area (Å²) in [6.45, 7) is 4.02. The maximum absolute atomic E-state index is 12.5. The SMILES string of the molecule is CC(=O)Nc1cccc(NC(=O)c2ccnc(NCc3ccc(C)cc3)n2)c1. The van der Waals surface area contributed by atoms with Gasteiger partial charge >= 0.3 is 0 Å². The van der Waals surface area contributed by atoms with Crippen LogP contribution >= 0.6 is 0 Å². The van der Waals surface area contributed by atoms with Gasteiger partial charge in [-0.1, -0.05) is 35.9 Å². The van der Waals surface area contributed by atoms with Gasteiger partial charge in [0.15, 0.2) is 0 Å². The molecule has 0 unspecified atom stereocenters. The minimum atomic E-state index is -0.360. The van der Waals surface area contributed by atoms with Gasteiger partial charge < -0.3 is 16.0 Å². The summed E-state index contributed by atoms with van der Waals surface area (Å²) in [6.07, 6.45) is 1.53. The Morgan fingerprint density at radius 1 is 0.964 bits per heavy atom. The van der Waals surface area contributed by atoms with Crippen LogP contribution in [0.2, 0.25) is 0 Å². The molecule has 0 aliphatic rings. The number of carbonyl (C=O) groups excluding carboxylic acids is 2. The lowest BCUT2D eigenvalue weighted by molar-refractivity contribution is -0.114. The number of aryl methyl sites for hydroxylation is 1. The maximum Gasteiger partial charge on any atom is 0.274 e. The van der Waals surface area contributed by atoms with Gasteiger partial charge in [-0.2, -0.15) is 0 Å². The summed E-state index contributed by atoms with van der Waals surface area (Å²) in [4.78, 5) is 32.1. The van der Waals surface area contributed by atoms with Crippen molar-refractivity contribution in [3.8, 4) is 0 Å². The highest BCUT2D eigenvalue weighted by atomic mass is 16.2. The van der Waals surface area contributed by atoms with Gasteiger partial charge in [0, 0.05) is 31.0 Å². The molecule has 0 atom stereocenters. The Morgan fingerprint density at radius 3 is 2.39 bits per heavy atom. The van der Waals surface area contributed by atoms with Crippen molar-refractivity contribution >= 4 is 29.1 Å². The smallest absolute Gasteiger partial charge is 0.274 e. The summed E-state index contributed by atoms with van der Waals surface area (Å²) in [6, 6.07) is 16.6. The summed E-state index contributed by atoms with van der Waals surface area (Å²) >= 11 is 0. The van der Waals surface area contributed by atoms with Crippen LogP contribution in [-0.4, -0.2) is 21.8 Å². The van der Waals surface area contributed by atoms with Crippen LogP contribution in [0.4, 0.5) is 17.3 Å². The Balaban J connectivity index is 1.65. The second kappa shape index (κ2) is 8.77. The van der Waals surface area contributed by atoms with Crippen LogP contribution in [0.5, 0.6) is 0 Å². The van der Waals surface area contributed by atoms with Crippen LogP contribution in [0, 0.1) is 6.92 Å². The van der Waals surface area contributed by atoms with E-state index in [1.54, 1.807) is 30.3 Å². The molecule has 2 amide bonds. The van der Waals surface area contributed by atoms with Crippen LogP contribution in [0.3, 0.4) is 0 Å². The number of anilines is 3. The van der Waals surface area contributed by atoms with Gasteiger partial charge in [-0.3, -0.25) is 9.59 Å². The molecule has 1 heterocycles. The van der Waals surface area contributed by atoms with E-state index in [0.717, 1.165) is 5.56 Å². The standard InChI is InChI=1S/C21H21N5O2/c1-14-6-8-16(9-7-14)13-23-21-22-11-10-19(26-21)20(28)25-18-5-3-4-17(12-18)24-15(2)27/h3-12H,13H2,1-2H3,(H,24,27)(H,25,28)(H,22,23,26). The molecule has 0 saturated heterocycles. The predicted octanol–water partition coefficient (Wildman–Crippen LogP) is 3.61. The maximum atomic E-state index is 12.5. The van der Waals surface area contributed by atoms with Gasteiger partial charge in [0.05, 0.1) is 0 Å². The molecule has 142 valence electrons. The van der Waals surface area contributed by atoms with Gasteiger partial charge in [0.25, 0.3) is 5.91 Å². The highest BCUT2D eigenvalue weighted by Crippen LogP contribution is 2.16. The molecule has 3 N–H and O–H groups in total. The molecule has 3 rings (SSSR count). The van der Waals surface area contributed by atoms with Crippen LogP contribution in [0.1, 0.15) is 28.5 Å². The Labute approximate surface area is 163 Å². The summed E-state index contributed by atoms with van der Waals surface area (Å²) in [5, 5.41) is 8.57. The van der Waals surface area contributed by atoms with Crippen molar-refractivity contribution in [2.75, 3.05) is 16.0 Å². The Morgan fingerprint density at radius 2 is 1.68 bits per heavy atom. The van der Waals surface area contributed by atoms with E-state index in [-0.39, 0.29) is 17.5 Å². The molecule has 28 heavy (non-hydrogen) atoms. The largest absolute Gasteiger partial charge is 0.350 e. The number of nitrogens with zero attached hydrogens (tertiary/aromatic N) is 2. The van der Waals surface area contributed by atoms with Crippen molar-refractivity contribution < 1.29 is 9.59 Å². The molecule has 0 saturated carbocycles. The number of carbonyl (C=O) groups is 2. The summed E-state index contributed by atoms with van der Waals surface area (Å²) < 4.78 is 0. The van der Waals surface area contributed by atoms with Gasteiger partial charge in [-0.15, -0.1) is 0 Å². The van der Waals surface area contributed by atoms with Crippen molar-refractivity contribution in [3.05, 3.63) is 77.6 Å². The topological polar surface area (TPSA) is 96.0 Å². The molecule has 3 aromatic rings. The first-order valence-corrected chi connectivity index (χ1v) is 8.81. The van der Waals surface area contributed by atoms with E-state index in [9.17, 15) is 9.59 Å². The van der Waals surface area contributed by atoms with Crippen molar-refractivity contribution in [3.63, 3.8) is 0 Å². The minimum Gasteiger partial charge on any atom is -0.350 e. The molecule has 2 aromatic carbocycles. The van der Waals surface area contributed by atoms with Crippen LogP contribution in [0.15, 0.2) is 60.8 Å². The number of hydrogen-bond donors (Lipinski definition) is 3. The first kappa shape index (κ1) is 19.0. The van der Waals surface area contributed by atoms with Crippen molar-refractivity contribution in [1.82, 2.24) is 9.97 Å². The van der Waals surface area contributed by atoms with E-state index in [1.807, 2.05) is 31.2 Å². The number of rotatable bonds is 6. The van der Waals surface area contributed by atoms with Crippen LogP contribution < -0.4 is 16.0 Å². The summed E-state index contributed by atoms with van der Waals surface area (Å²) in [7, 11) is 0. The fourth-order valence-electron chi connectivity index (χ4n) is 2.53. The van der Waals surface area contributed by atoms with E-state index in [0.29, 0.717) is 23.9 Å². The first-order valence-electron chi connectivity index (χ1n) is 8.81. The average Bonchev–Trinajstić information content (AvgIpc) is 2.67. The molecule has 0 fully saturated rings. The van der Waals surface area contributed by atoms with E-state index >= 15 is 0 Å². The number of hydrogen-bond acceptors (Lipinski definition) is 5. The van der Waals surface area contributed by atoms with Crippen molar-refractivity contribution in [1.29, 1.82) is 0 Å². The third-order valence-corrected chi connectivity index (χ3v) is 3.90. The lowest BCUT2D eigenvalue weighted by Gasteiger charge is -2.09. The van der Waals surface area contributed by atoms with E-state index < -0.39 is 0 Å². The zero-order valence-corrected chi connectivity index (χ0v) is 15.7. The van der Waals surface area contributed by atoms with Gasteiger partial charge in [0.1, 0.15) is 5.69 Å². The van der Waals surface area contributed by atoms with E-state index in [2.05, 4.69) is 25.9 Å². The van der Waals surface area contributed by atoms with Crippen LogP contribution in [0.25, 0.3) is 0 Å². The molecule has 0 bridgehead atoms. The minimum absolute atomic E-state index is 0.177. The van der Waals surface area contributed by atoms with Crippen molar-refractivity contribution in [2.45, 2.75) is 20.4 Å². The molecule has 0 radical (unpaired) electrons. The molecular weight excluding hydrogens is 354 g/mol. The fraction of sp³-hybridized carbons (Fsp3) is 0.143. The average molecular weight is 375 g/mol. The molecule has 1 aromatic heterocycles. The van der Waals surface area contributed by atoms with Gasteiger partial charge in [0.2, 0.25) is 11.9 Å². The van der Waals surface area contributed by atoms with E-state index in [4.69, 9.17) is 0 Å². The van der Waals surface area contributed by atoms with Gasteiger partial charge in [-0.25, -0.2) is 9.97 Å². The normalized spacial score (nSPS) is 10.2. The van der Waals surface area contributed by atoms with E-state index in [1.165, 1.54) is 18.7 Å². The lowest BCUT2D eigenvalue weighted by Crippen LogP contribution is -2.15. The third-order valence-electron chi connectivity index (χ3n) is 3.90. The van der Waals surface area contributed by atoms with Crippen molar-refractivity contribution in [2.24, 2.45) is 0 Å². The molecule has 0 spiro atoms. The monoisotopic (exact) mass is 375 g/mol. The Bertz CT molecular complexity index is 986. The third kappa shape index (κ3) is 5.38. The Hall–Kier alpha value is -3.74. The highest BCUT2D eigenvalue weighted by Gasteiger charge is 2.10. The molecule has 7 heteroatoms. The quantitative estimate of drug-likeness (QED) is 0.612. The van der Waals surface area contributed by atoms with Gasteiger partial charge in [-0.05, 0) is 36.8 Å². The lowest BCUT2D eigenvalue weighted by atomic mass is 10.1. The Kier molecular flexibility index (Phi) is 5.96. The number of aromatic nitrogens is 2. The summed E-state index contributed by atoms with van der Waals surface area (Å²) in [5.41, 5.74) is 3.70. The number of nitrogens with one attached hydrogen (secondary N) is 3. The number of benzene rings is 2. The molecule has 0 aliphatic carbocycles. The molecule has 7 nitrogen and oxygen atoms in total. The second-order valence-electron chi connectivity index (χ2n) is 6.32. The molecular formula is C21H21N5O2. The second-order valence-corrected chi connectivity index (χ2v) is 6.32. The van der Waals surface area contributed by atoms with Crippen LogP contribution in [-0.2, 0) is 11.3 Å². The zero-order valence-electron chi connectivity index (χ0n) is 15.7. The highest BCUT2D eigenvalue weighted by molar-refractivity contribution is 6.03. The fourth-order valence-corrected chi connectivity index (χ4v) is 2.53. The number of amides is 2. The predicted molar refractivity (Wildman–Crippen MR) is 109 cm³/mol. The zero-order chi connectivity index (χ0) is 19.9. The first-order chi connectivity index (χ1) is 13.5.